The SMILES string of the molecule is CCn1cnc2c3c(C#N)c4ccc(Cl)cc4nc3ccc21. The largest absolute Gasteiger partial charge is 0.331 e. The molecule has 0 fully saturated rings. The molecule has 0 N–H and O–H groups in total. The van der Waals surface area contributed by atoms with E-state index in [2.05, 4.69) is 27.5 Å². The minimum atomic E-state index is 0.601. The van der Waals surface area contributed by atoms with E-state index in [1.165, 1.54) is 0 Å². The first kappa shape index (κ1) is 13.1. The number of aromatic nitrogens is 3. The third-order valence-electron chi connectivity index (χ3n) is 3.94. The zero-order chi connectivity index (χ0) is 15.3. The van der Waals surface area contributed by atoms with Gasteiger partial charge in [-0.3, -0.25) is 0 Å². The van der Waals surface area contributed by atoms with Crippen molar-refractivity contribution in [3.8, 4) is 6.07 Å². The molecule has 0 saturated carbocycles. The third kappa shape index (κ3) is 1.69. The van der Waals surface area contributed by atoms with Gasteiger partial charge in [0.05, 0.1) is 34.0 Å². The number of halogens is 1. The minimum Gasteiger partial charge on any atom is -0.331 e. The number of benzene rings is 2. The molecule has 4 aromatic rings. The molecule has 0 bridgehead atoms. The van der Waals surface area contributed by atoms with Crippen molar-refractivity contribution in [2.45, 2.75) is 13.5 Å². The zero-order valence-corrected chi connectivity index (χ0v) is 12.6. The lowest BCUT2D eigenvalue weighted by molar-refractivity contribution is 0.787. The average Bonchev–Trinajstić information content (AvgIpc) is 2.95. The summed E-state index contributed by atoms with van der Waals surface area (Å²) in [6.45, 7) is 2.90. The van der Waals surface area contributed by atoms with Crippen LogP contribution >= 0.6 is 11.6 Å². The Balaban J connectivity index is 2.27. The predicted molar refractivity (Wildman–Crippen MR) is 87.9 cm³/mol. The quantitative estimate of drug-likeness (QED) is 0.493. The molecule has 4 rings (SSSR count). The number of nitriles is 1. The van der Waals surface area contributed by atoms with E-state index in [1.54, 1.807) is 18.5 Å². The molecule has 0 aliphatic carbocycles. The van der Waals surface area contributed by atoms with Gasteiger partial charge in [-0.15, -0.1) is 0 Å². The molecule has 2 aromatic heterocycles. The lowest BCUT2D eigenvalue weighted by atomic mass is 10.0. The average molecular weight is 307 g/mol. The molecular formula is C17H11ClN4. The molecule has 0 unspecified atom stereocenters. The number of nitrogens with zero attached hydrogens (tertiary/aromatic N) is 4. The minimum absolute atomic E-state index is 0.601. The van der Waals surface area contributed by atoms with Gasteiger partial charge in [-0.2, -0.15) is 5.26 Å². The number of rotatable bonds is 1. The highest BCUT2D eigenvalue weighted by Gasteiger charge is 2.14. The first-order chi connectivity index (χ1) is 10.7. The van der Waals surface area contributed by atoms with Crippen molar-refractivity contribution in [2.75, 3.05) is 0 Å². The van der Waals surface area contributed by atoms with Crippen LogP contribution in [0, 0.1) is 11.3 Å². The van der Waals surface area contributed by atoms with Crippen LogP contribution in [0.3, 0.4) is 0 Å². The van der Waals surface area contributed by atoms with Crippen LogP contribution in [0.5, 0.6) is 0 Å². The van der Waals surface area contributed by atoms with Crippen molar-refractivity contribution in [1.29, 1.82) is 5.26 Å². The number of aryl methyl sites for hydroxylation is 1. The summed E-state index contributed by atoms with van der Waals surface area (Å²) in [4.78, 5) is 9.14. The van der Waals surface area contributed by atoms with Gasteiger partial charge in [0.15, 0.2) is 0 Å². The van der Waals surface area contributed by atoms with Crippen molar-refractivity contribution in [3.05, 3.63) is 47.2 Å². The van der Waals surface area contributed by atoms with E-state index < -0.39 is 0 Å². The molecule has 0 saturated heterocycles. The molecule has 5 heteroatoms. The smallest absolute Gasteiger partial charge is 0.101 e. The highest BCUT2D eigenvalue weighted by Crippen LogP contribution is 2.31. The van der Waals surface area contributed by atoms with Crippen molar-refractivity contribution in [3.63, 3.8) is 0 Å². The van der Waals surface area contributed by atoms with E-state index in [4.69, 9.17) is 11.6 Å². The maximum atomic E-state index is 9.68. The van der Waals surface area contributed by atoms with Crippen molar-refractivity contribution in [1.82, 2.24) is 14.5 Å². The summed E-state index contributed by atoms with van der Waals surface area (Å²) in [7, 11) is 0. The van der Waals surface area contributed by atoms with Gasteiger partial charge < -0.3 is 4.57 Å². The van der Waals surface area contributed by atoms with Crippen molar-refractivity contribution in [2.24, 2.45) is 0 Å². The highest BCUT2D eigenvalue weighted by molar-refractivity contribution is 6.31. The van der Waals surface area contributed by atoms with Crippen molar-refractivity contribution < 1.29 is 0 Å². The van der Waals surface area contributed by atoms with Gasteiger partial charge in [0, 0.05) is 22.3 Å². The standard InChI is InChI=1S/C17H11ClN4/c1-2-22-9-20-17-15(22)6-5-13-16(17)12(8-19)11-4-3-10(18)7-14(11)21-13/h3-7,9H,2H2,1H3. The number of imidazole rings is 1. The summed E-state index contributed by atoms with van der Waals surface area (Å²) in [6, 6.07) is 11.7. The second-order valence-corrected chi connectivity index (χ2v) is 5.55. The molecule has 0 atom stereocenters. The molecule has 0 radical (unpaired) electrons. The monoisotopic (exact) mass is 306 g/mol. The summed E-state index contributed by atoms with van der Waals surface area (Å²) >= 11 is 6.04. The van der Waals surface area contributed by atoms with Gasteiger partial charge in [0.25, 0.3) is 0 Å². The van der Waals surface area contributed by atoms with Crippen LogP contribution in [-0.4, -0.2) is 14.5 Å². The number of fused-ring (bicyclic) bond motifs is 4. The first-order valence-corrected chi connectivity index (χ1v) is 7.37. The Labute approximate surface area is 131 Å². The Hall–Kier alpha value is -2.64. The molecule has 0 spiro atoms. The van der Waals surface area contributed by atoms with Crippen LogP contribution in [0.2, 0.25) is 5.02 Å². The molecule has 2 heterocycles. The zero-order valence-electron chi connectivity index (χ0n) is 11.8. The second-order valence-electron chi connectivity index (χ2n) is 5.12. The van der Waals surface area contributed by atoms with Crippen molar-refractivity contribution >= 4 is 44.4 Å². The van der Waals surface area contributed by atoms with Gasteiger partial charge in [0.2, 0.25) is 0 Å². The molecule has 22 heavy (non-hydrogen) atoms. The summed E-state index contributed by atoms with van der Waals surface area (Å²) in [5.41, 5.74) is 3.93. The molecule has 0 aliphatic rings. The Kier molecular flexibility index (Phi) is 2.78. The maximum Gasteiger partial charge on any atom is 0.101 e. The summed E-state index contributed by atoms with van der Waals surface area (Å²) < 4.78 is 2.06. The molecule has 106 valence electrons. The van der Waals surface area contributed by atoms with Crippen LogP contribution in [0.15, 0.2) is 36.7 Å². The van der Waals surface area contributed by atoms with Crippen LogP contribution < -0.4 is 0 Å². The first-order valence-electron chi connectivity index (χ1n) is 7.00. The lowest BCUT2D eigenvalue weighted by Gasteiger charge is -2.07. The van der Waals surface area contributed by atoms with Gasteiger partial charge in [-0.05, 0) is 37.3 Å². The molecule has 4 nitrogen and oxygen atoms in total. The summed E-state index contributed by atoms with van der Waals surface area (Å²) in [5.74, 6) is 0. The van der Waals surface area contributed by atoms with Gasteiger partial charge in [0.1, 0.15) is 6.07 Å². The highest BCUT2D eigenvalue weighted by atomic mass is 35.5. The van der Waals surface area contributed by atoms with Crippen LogP contribution in [0.25, 0.3) is 32.8 Å². The fourth-order valence-corrected chi connectivity index (χ4v) is 3.07. The van der Waals surface area contributed by atoms with E-state index in [0.29, 0.717) is 10.6 Å². The van der Waals surface area contributed by atoms with Gasteiger partial charge in [-0.1, -0.05) is 11.6 Å². The summed E-state index contributed by atoms with van der Waals surface area (Å²) in [5, 5.41) is 11.9. The number of hydrogen-bond acceptors (Lipinski definition) is 3. The number of hydrogen-bond donors (Lipinski definition) is 0. The van der Waals surface area contributed by atoms with E-state index in [1.807, 2.05) is 18.2 Å². The lowest BCUT2D eigenvalue weighted by Crippen LogP contribution is -1.93. The van der Waals surface area contributed by atoms with Gasteiger partial charge in [-0.25, -0.2) is 9.97 Å². The summed E-state index contributed by atoms with van der Waals surface area (Å²) in [6.07, 6.45) is 1.80. The Bertz CT molecular complexity index is 1090. The molecular weight excluding hydrogens is 296 g/mol. The Morgan fingerprint density at radius 2 is 2.09 bits per heavy atom. The number of pyridine rings is 1. The fourth-order valence-electron chi connectivity index (χ4n) is 2.90. The van der Waals surface area contributed by atoms with Gasteiger partial charge >= 0.3 is 0 Å². The Morgan fingerprint density at radius 3 is 2.86 bits per heavy atom. The third-order valence-corrected chi connectivity index (χ3v) is 4.18. The topological polar surface area (TPSA) is 54.5 Å². The molecule has 2 aromatic carbocycles. The van der Waals surface area contributed by atoms with Crippen LogP contribution in [-0.2, 0) is 6.54 Å². The van der Waals surface area contributed by atoms with Crippen LogP contribution in [0.4, 0.5) is 0 Å². The van der Waals surface area contributed by atoms with E-state index >= 15 is 0 Å². The Morgan fingerprint density at radius 1 is 1.23 bits per heavy atom. The molecule has 0 aliphatic heterocycles. The van der Waals surface area contributed by atoms with E-state index in [9.17, 15) is 5.26 Å². The fraction of sp³-hybridized carbons (Fsp3) is 0.118. The van der Waals surface area contributed by atoms with Crippen LogP contribution in [0.1, 0.15) is 12.5 Å². The normalized spacial score (nSPS) is 11.3. The molecule has 0 amide bonds. The predicted octanol–water partition coefficient (Wildman–Crippen LogP) is 4.28. The maximum absolute atomic E-state index is 9.68. The van der Waals surface area contributed by atoms with E-state index in [-0.39, 0.29) is 0 Å². The van der Waals surface area contributed by atoms with E-state index in [0.717, 1.165) is 39.4 Å². The second kappa shape index (κ2) is 4.69.